The largest absolute Gasteiger partial charge is 0.103 e. The fourth-order valence-electron chi connectivity index (χ4n) is 1.20. The predicted molar refractivity (Wildman–Crippen MR) is 80.0 cm³/mol. The van der Waals surface area contributed by atoms with Gasteiger partial charge < -0.3 is 0 Å². The highest BCUT2D eigenvalue weighted by atomic mass is 13.8. The zero-order valence-electron chi connectivity index (χ0n) is 10.7. The molecule has 0 aliphatic heterocycles. The number of rotatable bonds is 10. The Hall–Kier alpha value is -1.56. The van der Waals surface area contributed by atoms with Crippen molar-refractivity contribution >= 4 is 0 Å². The zero-order chi connectivity index (χ0) is 12.6. The normalized spacial score (nSPS) is 12.2. The lowest BCUT2D eigenvalue weighted by Gasteiger charge is -1.84. The maximum Gasteiger partial charge on any atom is -0.0169 e. The van der Waals surface area contributed by atoms with Gasteiger partial charge in [0, 0.05) is 0 Å². The van der Waals surface area contributed by atoms with Crippen molar-refractivity contribution in [1.82, 2.24) is 0 Å². The van der Waals surface area contributed by atoms with Gasteiger partial charge in [-0.25, -0.2) is 0 Å². The Morgan fingerprint density at radius 2 is 0.647 bits per heavy atom. The first kappa shape index (κ1) is 15.4. The van der Waals surface area contributed by atoms with Crippen LogP contribution in [0.25, 0.3) is 0 Å². The van der Waals surface area contributed by atoms with Crippen LogP contribution in [0.1, 0.15) is 32.1 Å². The SMILES string of the molecule is C=CCC=CCC=CCC=CCC=CCC=C. The van der Waals surface area contributed by atoms with Crippen LogP contribution in [0, 0.1) is 0 Å². The first-order valence-corrected chi connectivity index (χ1v) is 6.23. The van der Waals surface area contributed by atoms with E-state index in [-0.39, 0.29) is 0 Å². The molecule has 0 aliphatic carbocycles. The van der Waals surface area contributed by atoms with E-state index in [1.165, 1.54) is 0 Å². The van der Waals surface area contributed by atoms with Gasteiger partial charge in [0.15, 0.2) is 0 Å². The van der Waals surface area contributed by atoms with Crippen molar-refractivity contribution in [1.29, 1.82) is 0 Å². The standard InChI is InChI=1S/C17H24/c1-3-5-7-9-11-13-15-17-16-14-12-10-8-6-4-2/h3-4,7-10,13-16H,1-2,5-6,11-12,17H2. The highest BCUT2D eigenvalue weighted by Crippen LogP contribution is 1.95. The molecule has 92 valence electrons. The van der Waals surface area contributed by atoms with Crippen molar-refractivity contribution in [3.05, 3.63) is 73.9 Å². The molecule has 0 heteroatoms. The van der Waals surface area contributed by atoms with Gasteiger partial charge in [0.25, 0.3) is 0 Å². The quantitative estimate of drug-likeness (QED) is 0.431. The van der Waals surface area contributed by atoms with E-state index < -0.39 is 0 Å². The average molecular weight is 228 g/mol. The second-order valence-electron chi connectivity index (χ2n) is 3.64. The summed E-state index contributed by atoms with van der Waals surface area (Å²) < 4.78 is 0. The Bertz CT molecular complexity index is 257. The van der Waals surface area contributed by atoms with Gasteiger partial charge in [0.2, 0.25) is 0 Å². The van der Waals surface area contributed by atoms with Crippen LogP contribution in [0.15, 0.2) is 73.9 Å². The number of hydrogen-bond acceptors (Lipinski definition) is 0. The van der Waals surface area contributed by atoms with Gasteiger partial charge in [-0.2, -0.15) is 0 Å². The van der Waals surface area contributed by atoms with E-state index >= 15 is 0 Å². The minimum Gasteiger partial charge on any atom is -0.103 e. The van der Waals surface area contributed by atoms with Gasteiger partial charge in [-0.1, -0.05) is 60.8 Å². The third kappa shape index (κ3) is 14.4. The minimum atomic E-state index is 0.963. The first-order valence-electron chi connectivity index (χ1n) is 6.23. The molecule has 0 aliphatic rings. The summed E-state index contributed by atoms with van der Waals surface area (Å²) in [5.74, 6) is 0. The van der Waals surface area contributed by atoms with Crippen molar-refractivity contribution in [2.24, 2.45) is 0 Å². The van der Waals surface area contributed by atoms with Gasteiger partial charge >= 0.3 is 0 Å². The summed E-state index contributed by atoms with van der Waals surface area (Å²) in [6.45, 7) is 7.33. The summed E-state index contributed by atoms with van der Waals surface area (Å²) >= 11 is 0. The third-order valence-electron chi connectivity index (χ3n) is 2.09. The predicted octanol–water partition coefficient (Wildman–Crippen LogP) is 5.53. The smallest absolute Gasteiger partial charge is 0.0169 e. The molecular formula is C17H24. The molecule has 0 rings (SSSR count). The monoisotopic (exact) mass is 228 g/mol. The van der Waals surface area contributed by atoms with Crippen LogP contribution < -0.4 is 0 Å². The molecule has 0 radical (unpaired) electrons. The molecule has 0 aromatic carbocycles. The van der Waals surface area contributed by atoms with E-state index in [9.17, 15) is 0 Å². The minimum absolute atomic E-state index is 0.963. The molecule has 0 atom stereocenters. The molecule has 0 fully saturated rings. The zero-order valence-corrected chi connectivity index (χ0v) is 10.7. The van der Waals surface area contributed by atoms with Crippen LogP contribution in [-0.4, -0.2) is 0 Å². The lowest BCUT2D eigenvalue weighted by atomic mass is 10.2. The van der Waals surface area contributed by atoms with Crippen molar-refractivity contribution in [3.8, 4) is 0 Å². The lowest BCUT2D eigenvalue weighted by Crippen LogP contribution is -1.63. The second-order valence-corrected chi connectivity index (χ2v) is 3.64. The Morgan fingerprint density at radius 1 is 0.412 bits per heavy atom. The topological polar surface area (TPSA) is 0 Å². The van der Waals surface area contributed by atoms with Crippen LogP contribution in [0.5, 0.6) is 0 Å². The van der Waals surface area contributed by atoms with Crippen molar-refractivity contribution in [2.45, 2.75) is 32.1 Å². The summed E-state index contributed by atoms with van der Waals surface area (Å²) in [5.41, 5.74) is 0. The molecule has 0 unspecified atom stereocenters. The molecule has 0 saturated heterocycles. The van der Waals surface area contributed by atoms with Gasteiger partial charge in [-0.3, -0.25) is 0 Å². The number of hydrogen-bond donors (Lipinski definition) is 0. The van der Waals surface area contributed by atoms with Crippen LogP contribution >= 0.6 is 0 Å². The summed E-state index contributed by atoms with van der Waals surface area (Å²) in [5, 5.41) is 0. The Labute approximate surface area is 106 Å². The van der Waals surface area contributed by atoms with Crippen LogP contribution in [0.4, 0.5) is 0 Å². The van der Waals surface area contributed by atoms with Crippen molar-refractivity contribution < 1.29 is 0 Å². The molecule has 0 heterocycles. The second kappa shape index (κ2) is 14.4. The molecule has 0 N–H and O–H groups in total. The van der Waals surface area contributed by atoms with Crippen molar-refractivity contribution in [3.63, 3.8) is 0 Å². The van der Waals surface area contributed by atoms with Gasteiger partial charge in [-0.15, -0.1) is 13.2 Å². The van der Waals surface area contributed by atoms with Gasteiger partial charge in [0.05, 0.1) is 0 Å². The third-order valence-corrected chi connectivity index (χ3v) is 2.09. The van der Waals surface area contributed by atoms with Crippen LogP contribution in [0.2, 0.25) is 0 Å². The Morgan fingerprint density at radius 3 is 0.882 bits per heavy atom. The van der Waals surface area contributed by atoms with E-state index in [0.717, 1.165) is 32.1 Å². The molecule has 0 saturated carbocycles. The molecule has 0 aromatic heterocycles. The van der Waals surface area contributed by atoms with E-state index in [1.54, 1.807) is 0 Å². The molecule has 0 aromatic rings. The van der Waals surface area contributed by atoms with E-state index in [1.807, 2.05) is 12.2 Å². The van der Waals surface area contributed by atoms with E-state index in [0.29, 0.717) is 0 Å². The molecule has 0 bridgehead atoms. The number of allylic oxidation sites excluding steroid dienone is 10. The summed E-state index contributed by atoms with van der Waals surface area (Å²) in [6, 6.07) is 0. The van der Waals surface area contributed by atoms with Gasteiger partial charge in [-0.05, 0) is 32.1 Å². The average Bonchev–Trinajstić information content (AvgIpc) is 2.35. The summed E-state index contributed by atoms with van der Waals surface area (Å²) in [4.78, 5) is 0. The van der Waals surface area contributed by atoms with Crippen LogP contribution in [0.3, 0.4) is 0 Å². The molecule has 17 heavy (non-hydrogen) atoms. The maximum atomic E-state index is 3.67. The Kier molecular flexibility index (Phi) is 13.1. The summed E-state index contributed by atoms with van der Waals surface area (Å²) in [6.07, 6.45) is 26.2. The maximum absolute atomic E-state index is 3.67. The molecule has 0 nitrogen and oxygen atoms in total. The molecule has 0 spiro atoms. The highest BCUT2D eigenvalue weighted by molar-refractivity contribution is 5.00. The molecule has 0 amide bonds. The lowest BCUT2D eigenvalue weighted by molar-refractivity contribution is 1.26. The fraction of sp³-hybridized carbons (Fsp3) is 0.294. The highest BCUT2D eigenvalue weighted by Gasteiger charge is 1.74. The fourth-order valence-corrected chi connectivity index (χ4v) is 1.20. The van der Waals surface area contributed by atoms with Gasteiger partial charge in [0.1, 0.15) is 0 Å². The van der Waals surface area contributed by atoms with E-state index in [4.69, 9.17) is 0 Å². The molecular weight excluding hydrogens is 204 g/mol. The summed E-state index contributed by atoms with van der Waals surface area (Å²) in [7, 11) is 0. The van der Waals surface area contributed by atoms with Crippen molar-refractivity contribution in [2.75, 3.05) is 0 Å². The van der Waals surface area contributed by atoms with Crippen LogP contribution in [-0.2, 0) is 0 Å². The Balaban J connectivity index is 3.42. The first-order chi connectivity index (χ1) is 8.41. The van der Waals surface area contributed by atoms with E-state index in [2.05, 4.69) is 61.8 Å².